The lowest BCUT2D eigenvalue weighted by Crippen LogP contribution is -2.68. The van der Waals surface area contributed by atoms with Crippen molar-refractivity contribution in [2.45, 2.75) is 30.9 Å². The van der Waals surface area contributed by atoms with Crippen LogP contribution in [0.2, 0.25) is 10.0 Å². The van der Waals surface area contributed by atoms with E-state index in [1.165, 1.54) is 5.32 Å². The van der Waals surface area contributed by atoms with Gasteiger partial charge in [-0.2, -0.15) is 26.3 Å². The number of urea groups is 1. The van der Waals surface area contributed by atoms with Crippen LogP contribution in [-0.4, -0.2) is 60.0 Å². The van der Waals surface area contributed by atoms with Crippen LogP contribution in [0, 0.1) is 36.3 Å². The number of hydrogen-bond donors (Lipinski definition) is 3. The second-order valence-corrected chi connectivity index (χ2v) is 9.64. The molecule has 1 heterocycles. The minimum absolute atomic E-state index is 0.0709. The van der Waals surface area contributed by atoms with Crippen LogP contribution in [-0.2, 0) is 14.4 Å². The zero-order valence-electron chi connectivity index (χ0n) is 22.9. The average Bonchev–Trinajstić information content (AvgIpc) is 2.93. The summed E-state index contributed by atoms with van der Waals surface area (Å²) in [5.41, 5.74) is -4.94. The Labute approximate surface area is 268 Å². The van der Waals surface area contributed by atoms with E-state index in [-0.39, 0.29) is 39.7 Å². The molecule has 252 valence electrons. The number of nitrogens with zero attached hydrogens (tertiary/aromatic N) is 1. The summed E-state index contributed by atoms with van der Waals surface area (Å²) in [6.07, 6.45) is -3.48. The first-order chi connectivity index (χ1) is 21.6. The lowest BCUT2D eigenvalue weighted by Gasteiger charge is -2.38. The highest BCUT2D eigenvalue weighted by atomic mass is 35.5. The molecule has 1 unspecified atom stereocenters. The SMILES string of the molecule is C#CCOc1cc(N2C(=O)CC(O)(C(F)(F)F)NC2=O)c(F)cc1Cl.C#CCOc1cc(NC(=O)CC(=O)C(F)(F)F)c(F)cc1Cl. The third-order valence-corrected chi connectivity index (χ3v) is 6.03. The number of ketones is 1. The molecule has 3 rings (SSSR count). The molecule has 0 aromatic heterocycles. The molecule has 4 amide bonds. The predicted molar refractivity (Wildman–Crippen MR) is 147 cm³/mol. The first-order valence-electron chi connectivity index (χ1n) is 12.1. The van der Waals surface area contributed by atoms with Gasteiger partial charge in [-0.25, -0.2) is 18.5 Å². The van der Waals surface area contributed by atoms with Gasteiger partial charge in [-0.3, -0.25) is 14.4 Å². The molecule has 1 atom stereocenters. The van der Waals surface area contributed by atoms with Crippen molar-refractivity contribution in [1.82, 2.24) is 5.32 Å². The van der Waals surface area contributed by atoms with Gasteiger partial charge in [0.25, 0.3) is 0 Å². The molecular weight excluding hydrogens is 701 g/mol. The molecule has 0 spiro atoms. The fourth-order valence-corrected chi connectivity index (χ4v) is 3.73. The minimum Gasteiger partial charge on any atom is -0.479 e. The van der Waals surface area contributed by atoms with Gasteiger partial charge in [0, 0.05) is 12.1 Å². The van der Waals surface area contributed by atoms with Gasteiger partial charge in [0.2, 0.25) is 23.3 Å². The number of rotatable bonds is 8. The maximum Gasteiger partial charge on any atom is 0.450 e. The van der Waals surface area contributed by atoms with Crippen LogP contribution >= 0.6 is 23.2 Å². The molecule has 1 saturated heterocycles. The molecule has 47 heavy (non-hydrogen) atoms. The number of terminal acetylenes is 2. The predicted octanol–water partition coefficient (Wildman–Crippen LogP) is 5.14. The molecule has 1 fully saturated rings. The van der Waals surface area contributed by atoms with E-state index in [0.29, 0.717) is 6.07 Å². The molecule has 0 bridgehead atoms. The van der Waals surface area contributed by atoms with E-state index in [1.54, 1.807) is 0 Å². The van der Waals surface area contributed by atoms with Crippen molar-refractivity contribution in [3.05, 3.63) is 45.9 Å². The molecule has 1 aliphatic rings. The van der Waals surface area contributed by atoms with Gasteiger partial charge in [0.1, 0.15) is 36.3 Å². The van der Waals surface area contributed by atoms with E-state index in [0.717, 1.165) is 18.2 Å². The van der Waals surface area contributed by atoms with E-state index in [1.807, 2.05) is 5.32 Å². The van der Waals surface area contributed by atoms with Crippen LogP contribution in [0.25, 0.3) is 0 Å². The molecule has 10 nitrogen and oxygen atoms in total. The number of Topliss-reactive ketones (excluding diaryl/α,β-unsaturated/α-hetero) is 1. The molecule has 3 N–H and O–H groups in total. The van der Waals surface area contributed by atoms with E-state index in [4.69, 9.17) is 45.5 Å². The van der Waals surface area contributed by atoms with Gasteiger partial charge in [0.05, 0.1) is 34.3 Å². The summed E-state index contributed by atoms with van der Waals surface area (Å²) < 4.78 is 112. The number of amides is 4. The van der Waals surface area contributed by atoms with Gasteiger partial charge in [-0.1, -0.05) is 35.0 Å². The highest BCUT2D eigenvalue weighted by Gasteiger charge is 2.60. The van der Waals surface area contributed by atoms with Crippen LogP contribution in [0.4, 0.5) is 51.3 Å². The van der Waals surface area contributed by atoms with E-state index in [9.17, 15) is 59.4 Å². The highest BCUT2D eigenvalue weighted by molar-refractivity contribution is 6.32. The maximum atomic E-state index is 14.1. The smallest absolute Gasteiger partial charge is 0.450 e. The Bertz CT molecular complexity index is 1630. The van der Waals surface area contributed by atoms with Crippen molar-refractivity contribution in [2.24, 2.45) is 0 Å². The van der Waals surface area contributed by atoms with Gasteiger partial charge >= 0.3 is 18.4 Å². The minimum atomic E-state index is -5.30. The zero-order valence-corrected chi connectivity index (χ0v) is 24.4. The summed E-state index contributed by atoms with van der Waals surface area (Å²) in [6, 6.07) is 1.61. The number of nitrogens with one attached hydrogen (secondary N) is 2. The number of aliphatic hydroxyl groups is 1. The topological polar surface area (TPSA) is 134 Å². The number of carbonyl (C=O) groups is 4. The first-order valence-corrected chi connectivity index (χ1v) is 12.9. The van der Waals surface area contributed by atoms with E-state index >= 15 is 0 Å². The Morgan fingerprint density at radius 1 is 0.957 bits per heavy atom. The number of halogens is 10. The fraction of sp³-hybridized carbons (Fsp3) is 0.259. The summed E-state index contributed by atoms with van der Waals surface area (Å²) in [4.78, 5) is 46.0. The van der Waals surface area contributed by atoms with Crippen molar-refractivity contribution in [3.63, 3.8) is 0 Å². The molecule has 20 heteroatoms. The third kappa shape index (κ3) is 9.85. The summed E-state index contributed by atoms with van der Waals surface area (Å²) >= 11 is 11.4. The zero-order chi connectivity index (χ0) is 35.9. The Morgan fingerprint density at radius 3 is 1.94 bits per heavy atom. The van der Waals surface area contributed by atoms with E-state index in [2.05, 4.69) is 11.8 Å². The Morgan fingerprint density at radius 2 is 1.47 bits per heavy atom. The number of ether oxygens (including phenoxy) is 2. The van der Waals surface area contributed by atoms with Crippen molar-refractivity contribution < 1.29 is 68.9 Å². The largest absolute Gasteiger partial charge is 0.479 e. The first kappa shape index (κ1) is 38.4. The standard InChI is InChI=1S/C14H9ClF4N2O4.C13H8ClF4NO3/c1-2-3-25-10-5-9(8(16)4-7(10)15)21-11(22)6-13(24,14(17,18)19)20-12(21)23;1-2-3-22-10-5-9(8(15)4-7(10)14)19-12(21)6-11(20)13(16,17)18/h1,4-5,24H,3,6H2,(H,20,23);1,4-5H,3,6H2,(H,19,21). The van der Waals surface area contributed by atoms with Gasteiger partial charge in [-0.15, -0.1) is 12.8 Å². The fourth-order valence-electron chi connectivity index (χ4n) is 3.32. The number of alkyl halides is 6. The number of anilines is 2. The maximum absolute atomic E-state index is 14.1. The molecule has 2 aromatic rings. The Kier molecular flexibility index (Phi) is 12.4. The Hall–Kier alpha value is -4.78. The summed E-state index contributed by atoms with van der Waals surface area (Å²) in [5.74, 6) is -3.25. The molecule has 0 aliphatic carbocycles. The molecule has 0 saturated carbocycles. The summed E-state index contributed by atoms with van der Waals surface area (Å²) in [6.45, 7) is -0.454. The van der Waals surface area contributed by atoms with Crippen LogP contribution in [0.5, 0.6) is 11.5 Å². The normalized spacial score (nSPS) is 16.1. The van der Waals surface area contributed by atoms with Crippen molar-refractivity contribution >= 4 is 58.2 Å². The lowest BCUT2D eigenvalue weighted by molar-refractivity contribution is -0.269. The van der Waals surface area contributed by atoms with Crippen molar-refractivity contribution in [3.8, 4) is 36.2 Å². The van der Waals surface area contributed by atoms with Gasteiger partial charge in [-0.05, 0) is 12.1 Å². The Balaban J connectivity index is 0.000000330. The quantitative estimate of drug-likeness (QED) is 0.196. The van der Waals surface area contributed by atoms with Crippen LogP contribution in [0.1, 0.15) is 12.8 Å². The van der Waals surface area contributed by atoms with Crippen molar-refractivity contribution in [1.29, 1.82) is 0 Å². The molecular formula is C27H17Cl2F8N3O7. The molecule has 1 aliphatic heterocycles. The second-order valence-electron chi connectivity index (χ2n) is 8.82. The third-order valence-electron chi connectivity index (χ3n) is 5.44. The summed E-state index contributed by atoms with van der Waals surface area (Å²) in [7, 11) is 0. The van der Waals surface area contributed by atoms with Gasteiger partial charge in [0.15, 0.2) is 0 Å². The summed E-state index contributed by atoms with van der Waals surface area (Å²) in [5, 5.41) is 12.1. The molecule has 2 aromatic carbocycles. The number of benzene rings is 2. The van der Waals surface area contributed by atoms with Crippen LogP contribution in [0.3, 0.4) is 0 Å². The number of imide groups is 1. The monoisotopic (exact) mass is 717 g/mol. The van der Waals surface area contributed by atoms with Crippen LogP contribution < -0.4 is 25.0 Å². The average molecular weight is 718 g/mol. The molecule has 0 radical (unpaired) electrons. The second kappa shape index (κ2) is 15.2. The van der Waals surface area contributed by atoms with Crippen molar-refractivity contribution in [2.75, 3.05) is 23.4 Å². The number of carbonyl (C=O) groups excluding carboxylic acids is 4. The van der Waals surface area contributed by atoms with E-state index < -0.39 is 77.6 Å². The van der Waals surface area contributed by atoms with Crippen LogP contribution in [0.15, 0.2) is 24.3 Å². The number of hydrogen-bond acceptors (Lipinski definition) is 7. The lowest BCUT2D eigenvalue weighted by atomic mass is 10.1. The van der Waals surface area contributed by atoms with Gasteiger partial charge < -0.3 is 25.2 Å². The highest BCUT2D eigenvalue weighted by Crippen LogP contribution is 2.38.